The van der Waals surface area contributed by atoms with E-state index in [0.717, 1.165) is 18.5 Å². The number of aromatic nitrogens is 2. The summed E-state index contributed by atoms with van der Waals surface area (Å²) in [6, 6.07) is 1.74. The van der Waals surface area contributed by atoms with Crippen LogP contribution in [0.1, 0.15) is 56.2 Å². The molecule has 0 aliphatic heterocycles. The lowest BCUT2D eigenvalue weighted by Gasteiger charge is -2.38. The first-order chi connectivity index (χ1) is 8.84. The monoisotopic (exact) mass is 262 g/mol. The van der Waals surface area contributed by atoms with E-state index in [1.807, 2.05) is 6.92 Å². The Hall–Kier alpha value is -1.32. The first kappa shape index (κ1) is 12.7. The maximum Gasteiger partial charge on any atom is 0.359 e. The predicted molar refractivity (Wildman–Crippen MR) is 71.8 cm³/mol. The number of nitrogens with zero attached hydrogens (tertiary/aromatic N) is 1. The average molecular weight is 262 g/mol. The summed E-state index contributed by atoms with van der Waals surface area (Å²) in [5.41, 5.74) is 1.64. The molecule has 1 heterocycles. The van der Waals surface area contributed by atoms with Crippen LogP contribution in [0.15, 0.2) is 6.07 Å². The van der Waals surface area contributed by atoms with Crippen molar-refractivity contribution in [2.24, 2.45) is 16.7 Å². The zero-order valence-electron chi connectivity index (χ0n) is 12.1. The van der Waals surface area contributed by atoms with Gasteiger partial charge in [0.2, 0.25) is 0 Å². The van der Waals surface area contributed by atoms with Crippen molar-refractivity contribution in [3.05, 3.63) is 17.5 Å². The molecule has 1 aromatic rings. The summed E-state index contributed by atoms with van der Waals surface area (Å²) in [5.74, 6) is 0.384. The summed E-state index contributed by atoms with van der Waals surface area (Å²) in [5, 5.41) is 6.76. The zero-order chi connectivity index (χ0) is 13.8. The molecule has 0 saturated heterocycles. The van der Waals surface area contributed by atoms with Crippen molar-refractivity contribution in [3.8, 4) is 0 Å². The molecule has 3 rings (SSSR count). The van der Waals surface area contributed by atoms with E-state index in [4.69, 9.17) is 4.74 Å². The van der Waals surface area contributed by atoms with E-state index < -0.39 is 0 Å². The van der Waals surface area contributed by atoms with Crippen molar-refractivity contribution in [1.82, 2.24) is 10.2 Å². The molecule has 2 fully saturated rings. The minimum Gasteiger partial charge on any atom is -0.457 e. The second-order valence-electron chi connectivity index (χ2n) is 6.94. The molecule has 2 aliphatic carbocycles. The summed E-state index contributed by atoms with van der Waals surface area (Å²) in [4.78, 5) is 12.1. The summed E-state index contributed by atoms with van der Waals surface area (Å²) in [7, 11) is 0. The fourth-order valence-electron chi connectivity index (χ4n) is 4.02. The Morgan fingerprint density at radius 2 is 2.21 bits per heavy atom. The molecular weight excluding hydrogens is 240 g/mol. The second-order valence-corrected chi connectivity index (χ2v) is 6.94. The van der Waals surface area contributed by atoms with Gasteiger partial charge < -0.3 is 4.74 Å². The molecule has 19 heavy (non-hydrogen) atoms. The largest absolute Gasteiger partial charge is 0.457 e. The Bertz CT molecular complexity index is 520. The standard InChI is InChI=1S/C15H22N2O2/c1-9-7-11(17-16-9)13(18)19-12-8-10-5-6-15(12,4)14(10,2)3/h7,10,12H,5-6,8H2,1-4H3,(H,16,17). The van der Waals surface area contributed by atoms with Crippen LogP contribution in [0.3, 0.4) is 0 Å². The highest BCUT2D eigenvalue weighted by atomic mass is 16.5. The van der Waals surface area contributed by atoms with Gasteiger partial charge in [0.05, 0.1) is 0 Å². The Balaban J connectivity index is 1.77. The number of hydrogen-bond donors (Lipinski definition) is 1. The highest BCUT2D eigenvalue weighted by Gasteiger charge is 2.62. The van der Waals surface area contributed by atoms with Gasteiger partial charge in [-0.2, -0.15) is 5.10 Å². The Labute approximate surface area is 113 Å². The topological polar surface area (TPSA) is 55.0 Å². The number of nitrogens with one attached hydrogen (secondary N) is 1. The van der Waals surface area contributed by atoms with Gasteiger partial charge in [0.15, 0.2) is 5.69 Å². The van der Waals surface area contributed by atoms with E-state index in [2.05, 4.69) is 31.0 Å². The zero-order valence-corrected chi connectivity index (χ0v) is 12.1. The molecule has 0 spiro atoms. The predicted octanol–water partition coefficient (Wildman–Crippen LogP) is 3.09. The van der Waals surface area contributed by atoms with Crippen LogP contribution in [0.25, 0.3) is 0 Å². The molecule has 1 N–H and O–H groups in total. The first-order valence-corrected chi connectivity index (χ1v) is 7.07. The highest BCUT2D eigenvalue weighted by Crippen LogP contribution is 2.66. The number of carbonyl (C=O) groups excluding carboxylic acids is 1. The van der Waals surface area contributed by atoms with Crippen LogP contribution in [0.4, 0.5) is 0 Å². The van der Waals surface area contributed by atoms with Gasteiger partial charge in [-0.15, -0.1) is 0 Å². The lowest BCUT2D eigenvalue weighted by Crippen LogP contribution is -2.38. The van der Waals surface area contributed by atoms with Crippen LogP contribution in [0.5, 0.6) is 0 Å². The molecule has 3 atom stereocenters. The number of aryl methyl sites for hydroxylation is 1. The Morgan fingerprint density at radius 1 is 1.47 bits per heavy atom. The molecule has 4 heteroatoms. The van der Waals surface area contributed by atoms with Crippen molar-refractivity contribution in [2.45, 2.75) is 53.1 Å². The molecule has 3 unspecified atom stereocenters. The van der Waals surface area contributed by atoms with Gasteiger partial charge in [0.1, 0.15) is 6.10 Å². The number of H-pyrrole nitrogens is 1. The van der Waals surface area contributed by atoms with Gasteiger partial charge in [-0.1, -0.05) is 20.8 Å². The lowest BCUT2D eigenvalue weighted by molar-refractivity contribution is -0.0247. The lowest BCUT2D eigenvalue weighted by atomic mass is 9.70. The average Bonchev–Trinajstić information content (AvgIpc) is 2.91. The summed E-state index contributed by atoms with van der Waals surface area (Å²) < 4.78 is 5.76. The van der Waals surface area contributed by atoms with Crippen molar-refractivity contribution in [2.75, 3.05) is 0 Å². The maximum absolute atomic E-state index is 12.1. The Morgan fingerprint density at radius 3 is 2.68 bits per heavy atom. The molecule has 0 aromatic carbocycles. The van der Waals surface area contributed by atoms with E-state index in [0.29, 0.717) is 11.6 Å². The number of fused-ring (bicyclic) bond motifs is 2. The van der Waals surface area contributed by atoms with E-state index in [9.17, 15) is 4.79 Å². The fraction of sp³-hybridized carbons (Fsp3) is 0.733. The van der Waals surface area contributed by atoms with Crippen LogP contribution in [0.2, 0.25) is 0 Å². The van der Waals surface area contributed by atoms with E-state index in [-0.39, 0.29) is 22.9 Å². The summed E-state index contributed by atoms with van der Waals surface area (Å²) >= 11 is 0. The Kier molecular flexibility index (Phi) is 2.57. The van der Waals surface area contributed by atoms with Crippen molar-refractivity contribution >= 4 is 5.97 Å². The number of esters is 1. The van der Waals surface area contributed by atoms with Gasteiger partial charge >= 0.3 is 5.97 Å². The maximum atomic E-state index is 12.1. The second kappa shape index (κ2) is 3.84. The molecule has 0 radical (unpaired) electrons. The SMILES string of the molecule is Cc1cc(C(=O)OC2CC3CCC2(C)C3(C)C)n[nH]1. The van der Waals surface area contributed by atoms with Crippen LogP contribution in [0, 0.1) is 23.7 Å². The van der Waals surface area contributed by atoms with Gasteiger partial charge in [0, 0.05) is 11.1 Å². The smallest absolute Gasteiger partial charge is 0.359 e. The number of aromatic amines is 1. The van der Waals surface area contributed by atoms with Crippen molar-refractivity contribution < 1.29 is 9.53 Å². The third kappa shape index (κ3) is 1.65. The van der Waals surface area contributed by atoms with Crippen molar-refractivity contribution in [1.29, 1.82) is 0 Å². The molecule has 2 aliphatic rings. The molecule has 4 nitrogen and oxygen atoms in total. The summed E-state index contributed by atoms with van der Waals surface area (Å²) in [6.45, 7) is 8.79. The van der Waals surface area contributed by atoms with E-state index >= 15 is 0 Å². The minimum absolute atomic E-state index is 0.0331. The molecule has 0 amide bonds. The number of hydrogen-bond acceptors (Lipinski definition) is 3. The number of carbonyl (C=O) groups is 1. The van der Waals surface area contributed by atoms with Gasteiger partial charge in [-0.05, 0) is 43.6 Å². The van der Waals surface area contributed by atoms with Crippen LogP contribution in [-0.4, -0.2) is 22.3 Å². The van der Waals surface area contributed by atoms with Gasteiger partial charge in [-0.25, -0.2) is 4.79 Å². The third-order valence-electron chi connectivity index (χ3n) is 5.88. The number of ether oxygens (including phenoxy) is 1. The fourth-order valence-corrected chi connectivity index (χ4v) is 4.02. The molecule has 104 valence electrons. The molecule has 2 bridgehead atoms. The number of rotatable bonds is 2. The minimum atomic E-state index is -0.293. The first-order valence-electron chi connectivity index (χ1n) is 7.07. The van der Waals surface area contributed by atoms with Crippen LogP contribution >= 0.6 is 0 Å². The normalized spacial score (nSPS) is 35.6. The van der Waals surface area contributed by atoms with Gasteiger partial charge in [0.25, 0.3) is 0 Å². The van der Waals surface area contributed by atoms with E-state index in [1.165, 1.54) is 6.42 Å². The van der Waals surface area contributed by atoms with Crippen molar-refractivity contribution in [3.63, 3.8) is 0 Å². The van der Waals surface area contributed by atoms with Crippen LogP contribution < -0.4 is 0 Å². The molecular formula is C15H22N2O2. The van der Waals surface area contributed by atoms with E-state index in [1.54, 1.807) is 6.07 Å². The van der Waals surface area contributed by atoms with Crippen LogP contribution in [-0.2, 0) is 4.74 Å². The molecule has 1 aromatic heterocycles. The van der Waals surface area contributed by atoms with Gasteiger partial charge in [-0.3, -0.25) is 5.10 Å². The molecule has 2 saturated carbocycles. The quantitative estimate of drug-likeness (QED) is 0.833. The highest BCUT2D eigenvalue weighted by molar-refractivity contribution is 5.87. The third-order valence-corrected chi connectivity index (χ3v) is 5.88. The summed E-state index contributed by atoms with van der Waals surface area (Å²) in [6.07, 6.45) is 3.45.